The molecular formula is C24H27F6NO3. The van der Waals surface area contributed by atoms with Crippen LogP contribution < -0.4 is 5.32 Å². The van der Waals surface area contributed by atoms with Crippen LogP contribution in [-0.4, -0.2) is 23.8 Å². The van der Waals surface area contributed by atoms with Crippen LogP contribution in [0.25, 0.3) is 0 Å². The average Bonchev–Trinajstić information content (AvgIpc) is 2.70. The molecular weight excluding hydrogens is 464 g/mol. The summed E-state index contributed by atoms with van der Waals surface area (Å²) in [5.41, 5.74) is -2.71. The summed E-state index contributed by atoms with van der Waals surface area (Å²) < 4.78 is 84.2. The summed E-state index contributed by atoms with van der Waals surface area (Å²) in [7, 11) is 0. The Morgan fingerprint density at radius 2 is 1.47 bits per heavy atom. The zero-order valence-corrected chi connectivity index (χ0v) is 18.9. The minimum atomic E-state index is -4.94. The van der Waals surface area contributed by atoms with Gasteiger partial charge in [-0.05, 0) is 41.2 Å². The van der Waals surface area contributed by atoms with Gasteiger partial charge in [0.15, 0.2) is 0 Å². The molecule has 4 nitrogen and oxygen atoms in total. The lowest BCUT2D eigenvalue weighted by Gasteiger charge is -2.33. The first-order valence-electron chi connectivity index (χ1n) is 10.5. The normalized spacial score (nSPS) is 14.5. The SMILES string of the molecule is CC(C)(C)C(CC(COCc1cc(C(F)(F)F)cc(C(F)(F)F)c1)c1ccccc1)NC(=O)O. The number of hydrogen-bond donors (Lipinski definition) is 2. The van der Waals surface area contributed by atoms with Gasteiger partial charge in [-0.2, -0.15) is 26.3 Å². The molecule has 2 aromatic rings. The van der Waals surface area contributed by atoms with Crippen LogP contribution in [-0.2, 0) is 23.7 Å². The van der Waals surface area contributed by atoms with Crippen molar-refractivity contribution in [3.05, 3.63) is 70.8 Å². The molecule has 2 rings (SSSR count). The predicted molar refractivity (Wildman–Crippen MR) is 114 cm³/mol. The van der Waals surface area contributed by atoms with Crippen LogP contribution in [0.1, 0.15) is 55.4 Å². The van der Waals surface area contributed by atoms with Gasteiger partial charge in [0.1, 0.15) is 0 Å². The molecule has 2 atom stereocenters. The van der Waals surface area contributed by atoms with E-state index < -0.39 is 47.6 Å². The standard InChI is InChI=1S/C24H27F6NO3/c1-22(2,3)20(31-21(32)33)11-17(16-7-5-4-6-8-16)14-34-13-15-9-18(23(25,26)27)12-19(10-15)24(28,29)30/h4-10,12,17,20,31H,11,13-14H2,1-3H3,(H,32,33). The highest BCUT2D eigenvalue weighted by Crippen LogP contribution is 2.37. The molecule has 0 saturated heterocycles. The van der Waals surface area contributed by atoms with Crippen LogP contribution in [0.4, 0.5) is 31.1 Å². The van der Waals surface area contributed by atoms with Crippen molar-refractivity contribution in [3.63, 3.8) is 0 Å². The summed E-state index contributed by atoms with van der Waals surface area (Å²) in [6, 6.07) is 9.82. The lowest BCUT2D eigenvalue weighted by Crippen LogP contribution is -2.44. The highest BCUT2D eigenvalue weighted by Gasteiger charge is 2.37. The van der Waals surface area contributed by atoms with E-state index in [9.17, 15) is 36.2 Å². The fourth-order valence-electron chi connectivity index (χ4n) is 3.51. The molecule has 0 aliphatic heterocycles. The minimum absolute atomic E-state index is 0.0323. The quantitative estimate of drug-likeness (QED) is 0.388. The number of carbonyl (C=O) groups is 1. The topological polar surface area (TPSA) is 58.6 Å². The second kappa shape index (κ2) is 10.7. The molecule has 1 amide bonds. The number of carboxylic acid groups (broad SMARTS) is 1. The zero-order valence-electron chi connectivity index (χ0n) is 18.9. The number of benzene rings is 2. The average molecular weight is 491 g/mol. The van der Waals surface area contributed by atoms with Crippen molar-refractivity contribution < 1.29 is 41.0 Å². The fraction of sp³-hybridized carbons (Fsp3) is 0.458. The Morgan fingerprint density at radius 1 is 0.941 bits per heavy atom. The van der Waals surface area contributed by atoms with E-state index in [2.05, 4.69) is 5.32 Å². The maximum absolute atomic E-state index is 13.1. The molecule has 188 valence electrons. The van der Waals surface area contributed by atoms with Gasteiger partial charge in [-0.3, -0.25) is 0 Å². The van der Waals surface area contributed by atoms with Gasteiger partial charge in [-0.15, -0.1) is 0 Å². The van der Waals surface area contributed by atoms with Crippen LogP contribution in [0.15, 0.2) is 48.5 Å². The number of rotatable bonds is 8. The first-order valence-corrected chi connectivity index (χ1v) is 10.5. The molecule has 0 radical (unpaired) electrons. The van der Waals surface area contributed by atoms with Crippen LogP contribution in [0.2, 0.25) is 0 Å². The third-order valence-corrected chi connectivity index (χ3v) is 5.37. The van der Waals surface area contributed by atoms with Crippen molar-refractivity contribution in [1.29, 1.82) is 0 Å². The minimum Gasteiger partial charge on any atom is -0.465 e. The van der Waals surface area contributed by atoms with E-state index in [0.29, 0.717) is 18.6 Å². The number of ether oxygens (including phenoxy) is 1. The van der Waals surface area contributed by atoms with E-state index in [-0.39, 0.29) is 24.2 Å². The molecule has 0 saturated carbocycles. The Balaban J connectivity index is 2.25. The molecule has 2 aromatic carbocycles. The van der Waals surface area contributed by atoms with Gasteiger partial charge in [0, 0.05) is 12.0 Å². The Labute approximate surface area is 193 Å². The van der Waals surface area contributed by atoms with Gasteiger partial charge < -0.3 is 15.2 Å². The van der Waals surface area contributed by atoms with Gasteiger partial charge in [-0.1, -0.05) is 51.1 Å². The van der Waals surface area contributed by atoms with Crippen molar-refractivity contribution >= 4 is 6.09 Å². The first-order chi connectivity index (χ1) is 15.6. The lowest BCUT2D eigenvalue weighted by molar-refractivity contribution is -0.143. The second-order valence-corrected chi connectivity index (χ2v) is 9.14. The summed E-state index contributed by atoms with van der Waals surface area (Å²) >= 11 is 0. The number of halogens is 6. The van der Waals surface area contributed by atoms with E-state index in [4.69, 9.17) is 4.74 Å². The highest BCUT2D eigenvalue weighted by molar-refractivity contribution is 5.65. The van der Waals surface area contributed by atoms with Gasteiger partial charge in [0.2, 0.25) is 0 Å². The van der Waals surface area contributed by atoms with Crippen molar-refractivity contribution in [3.8, 4) is 0 Å². The van der Waals surface area contributed by atoms with Crippen molar-refractivity contribution in [1.82, 2.24) is 5.32 Å². The predicted octanol–water partition coefficient (Wildman–Crippen LogP) is 7.10. The van der Waals surface area contributed by atoms with E-state index in [1.54, 1.807) is 30.3 Å². The Bertz CT molecular complexity index is 920. The molecule has 0 bridgehead atoms. The van der Waals surface area contributed by atoms with E-state index >= 15 is 0 Å². The van der Waals surface area contributed by atoms with Crippen LogP contribution in [0, 0.1) is 5.41 Å². The van der Waals surface area contributed by atoms with E-state index in [1.807, 2.05) is 20.8 Å². The Kier molecular flexibility index (Phi) is 8.63. The molecule has 10 heteroatoms. The number of hydrogen-bond acceptors (Lipinski definition) is 2. The molecule has 0 aromatic heterocycles. The largest absolute Gasteiger partial charge is 0.465 e. The van der Waals surface area contributed by atoms with Crippen molar-refractivity contribution in [2.24, 2.45) is 5.41 Å². The lowest BCUT2D eigenvalue weighted by atomic mass is 9.80. The van der Waals surface area contributed by atoms with Crippen LogP contribution in [0.5, 0.6) is 0 Å². The second-order valence-electron chi connectivity index (χ2n) is 9.14. The summed E-state index contributed by atoms with van der Waals surface area (Å²) in [6.07, 6.45) is -10.8. The van der Waals surface area contributed by atoms with Gasteiger partial charge in [-0.25, -0.2) is 4.79 Å². The zero-order chi connectivity index (χ0) is 25.7. The summed E-state index contributed by atoms with van der Waals surface area (Å²) in [6.45, 7) is 5.08. The van der Waals surface area contributed by atoms with Crippen molar-refractivity contribution in [2.75, 3.05) is 6.61 Å². The first kappa shape index (κ1) is 27.5. The third-order valence-electron chi connectivity index (χ3n) is 5.37. The molecule has 0 heterocycles. The molecule has 34 heavy (non-hydrogen) atoms. The van der Waals surface area contributed by atoms with Crippen LogP contribution in [0.3, 0.4) is 0 Å². The van der Waals surface area contributed by atoms with E-state index in [1.165, 1.54) is 0 Å². The molecule has 0 fully saturated rings. The fourth-order valence-corrected chi connectivity index (χ4v) is 3.51. The summed E-state index contributed by atoms with van der Waals surface area (Å²) in [4.78, 5) is 11.3. The van der Waals surface area contributed by atoms with Gasteiger partial charge >= 0.3 is 18.4 Å². The Morgan fingerprint density at radius 3 is 1.91 bits per heavy atom. The van der Waals surface area contributed by atoms with Gasteiger partial charge in [0.05, 0.1) is 24.3 Å². The smallest absolute Gasteiger partial charge is 0.416 e. The monoisotopic (exact) mass is 491 g/mol. The molecule has 0 aliphatic carbocycles. The summed E-state index contributed by atoms with van der Waals surface area (Å²) in [5, 5.41) is 11.7. The summed E-state index contributed by atoms with van der Waals surface area (Å²) in [5.74, 6) is -0.356. The van der Waals surface area contributed by atoms with Crippen LogP contribution >= 0.6 is 0 Å². The maximum Gasteiger partial charge on any atom is 0.416 e. The van der Waals surface area contributed by atoms with Crippen molar-refractivity contribution in [2.45, 2.75) is 58.1 Å². The molecule has 0 spiro atoms. The van der Waals surface area contributed by atoms with Gasteiger partial charge in [0.25, 0.3) is 0 Å². The van der Waals surface area contributed by atoms with E-state index in [0.717, 1.165) is 5.56 Å². The molecule has 2 unspecified atom stereocenters. The third kappa shape index (κ3) is 8.23. The highest BCUT2D eigenvalue weighted by atomic mass is 19.4. The number of nitrogens with one attached hydrogen (secondary N) is 1. The number of alkyl halides is 6. The number of amides is 1. The molecule has 2 N–H and O–H groups in total. The Hall–Kier alpha value is -2.75. The maximum atomic E-state index is 13.1. The molecule has 0 aliphatic rings.